The molecule has 0 nitrogen and oxygen atoms in total. The maximum Gasteiger partial charge on any atom is 0.167 e. The van der Waals surface area contributed by atoms with Crippen molar-refractivity contribution in [3.05, 3.63) is 57.7 Å². The Morgan fingerprint density at radius 1 is 0.586 bits per heavy atom. The molecule has 0 saturated carbocycles. The minimum Gasteiger partial charge on any atom is -0.203 e. The average molecular weight is 407 g/mol. The molecule has 0 aromatic heterocycles. The maximum atomic E-state index is 14.9. The minimum atomic E-state index is -1.04. The molecule has 158 valence electrons. The quantitative estimate of drug-likeness (QED) is 0.236. The zero-order valence-corrected chi connectivity index (χ0v) is 17.4. The largest absolute Gasteiger partial charge is 0.203 e. The highest BCUT2D eigenvalue weighted by atomic mass is 19.2. The van der Waals surface area contributed by atoms with Crippen molar-refractivity contribution in [3.8, 4) is 11.1 Å². The standard InChI is InChI=1S/C25H30F4/c1-3-5-7-8-10-12-17-14-19-15-18-13-16(11-9-6-4-2)22(26)24(28)20(18)21(19)25(29)23(17)27/h13-14H,3-12,15H2,1-2H3. The van der Waals surface area contributed by atoms with Crippen LogP contribution in [0.2, 0.25) is 0 Å². The van der Waals surface area contributed by atoms with Crippen LogP contribution in [-0.2, 0) is 19.3 Å². The molecule has 2 aromatic carbocycles. The third-order valence-corrected chi connectivity index (χ3v) is 5.96. The predicted octanol–water partition coefficient (Wildman–Crippen LogP) is 8.06. The molecule has 0 saturated heterocycles. The summed E-state index contributed by atoms with van der Waals surface area (Å²) >= 11 is 0. The molecule has 29 heavy (non-hydrogen) atoms. The van der Waals surface area contributed by atoms with Gasteiger partial charge in [-0.2, -0.15) is 0 Å². The first-order valence-electron chi connectivity index (χ1n) is 11.0. The van der Waals surface area contributed by atoms with Crippen LogP contribution in [0.4, 0.5) is 17.6 Å². The fourth-order valence-corrected chi connectivity index (χ4v) is 4.35. The highest BCUT2D eigenvalue weighted by Gasteiger charge is 2.31. The van der Waals surface area contributed by atoms with E-state index in [2.05, 4.69) is 13.8 Å². The summed E-state index contributed by atoms with van der Waals surface area (Å²) < 4.78 is 58.9. The third-order valence-electron chi connectivity index (χ3n) is 5.96. The second kappa shape index (κ2) is 9.77. The van der Waals surface area contributed by atoms with E-state index in [0.717, 1.165) is 51.4 Å². The minimum absolute atomic E-state index is 0.0938. The molecule has 0 fully saturated rings. The van der Waals surface area contributed by atoms with Crippen molar-refractivity contribution >= 4 is 0 Å². The molecule has 0 N–H and O–H groups in total. The number of hydrogen-bond donors (Lipinski definition) is 0. The van der Waals surface area contributed by atoms with Gasteiger partial charge in [0.05, 0.1) is 0 Å². The number of halogens is 4. The van der Waals surface area contributed by atoms with Crippen molar-refractivity contribution in [2.45, 2.75) is 84.5 Å². The number of hydrogen-bond acceptors (Lipinski definition) is 0. The first-order chi connectivity index (χ1) is 14.0. The van der Waals surface area contributed by atoms with Gasteiger partial charge in [0.1, 0.15) is 0 Å². The van der Waals surface area contributed by atoms with Crippen LogP contribution in [0.1, 0.15) is 87.5 Å². The van der Waals surface area contributed by atoms with Gasteiger partial charge in [0.25, 0.3) is 0 Å². The van der Waals surface area contributed by atoms with Gasteiger partial charge in [0.2, 0.25) is 0 Å². The smallest absolute Gasteiger partial charge is 0.167 e. The first kappa shape index (κ1) is 21.9. The van der Waals surface area contributed by atoms with E-state index in [1.54, 1.807) is 12.1 Å². The first-order valence-corrected chi connectivity index (χ1v) is 11.0. The number of benzene rings is 2. The third kappa shape index (κ3) is 4.51. The van der Waals surface area contributed by atoms with Gasteiger partial charge in [-0.05, 0) is 54.4 Å². The number of aryl methyl sites for hydroxylation is 2. The van der Waals surface area contributed by atoms with Crippen LogP contribution in [0.15, 0.2) is 12.1 Å². The molecular weight excluding hydrogens is 376 g/mol. The average Bonchev–Trinajstić information content (AvgIpc) is 3.07. The van der Waals surface area contributed by atoms with Gasteiger partial charge in [-0.15, -0.1) is 0 Å². The summed E-state index contributed by atoms with van der Waals surface area (Å²) in [6.45, 7) is 4.18. The summed E-state index contributed by atoms with van der Waals surface area (Å²) in [6.07, 6.45) is 9.10. The van der Waals surface area contributed by atoms with Crippen LogP contribution >= 0.6 is 0 Å². The Morgan fingerprint density at radius 2 is 1.00 bits per heavy atom. The van der Waals surface area contributed by atoms with E-state index >= 15 is 0 Å². The van der Waals surface area contributed by atoms with Gasteiger partial charge in [0.15, 0.2) is 23.3 Å². The predicted molar refractivity (Wildman–Crippen MR) is 110 cm³/mol. The Bertz CT molecular complexity index is 870. The lowest BCUT2D eigenvalue weighted by atomic mass is 9.97. The zero-order chi connectivity index (χ0) is 21.0. The van der Waals surface area contributed by atoms with Crippen LogP contribution in [0, 0.1) is 23.3 Å². The van der Waals surface area contributed by atoms with Gasteiger partial charge in [-0.1, -0.05) is 64.5 Å². The molecule has 0 spiro atoms. The number of rotatable bonds is 10. The van der Waals surface area contributed by atoms with Crippen molar-refractivity contribution in [1.29, 1.82) is 0 Å². The Balaban J connectivity index is 1.88. The van der Waals surface area contributed by atoms with Gasteiger partial charge < -0.3 is 0 Å². The van der Waals surface area contributed by atoms with Crippen molar-refractivity contribution in [1.82, 2.24) is 0 Å². The molecular formula is C25H30F4. The van der Waals surface area contributed by atoms with Gasteiger partial charge >= 0.3 is 0 Å². The van der Waals surface area contributed by atoms with Crippen LogP contribution in [0.3, 0.4) is 0 Å². The Morgan fingerprint density at radius 3 is 1.48 bits per heavy atom. The molecule has 4 heteroatoms. The summed E-state index contributed by atoms with van der Waals surface area (Å²) in [4.78, 5) is 0. The molecule has 3 rings (SSSR count). The van der Waals surface area contributed by atoms with E-state index in [1.165, 1.54) is 0 Å². The molecule has 0 amide bonds. The summed E-state index contributed by atoms with van der Waals surface area (Å²) in [7, 11) is 0. The van der Waals surface area contributed by atoms with Gasteiger partial charge in [0, 0.05) is 11.1 Å². The van der Waals surface area contributed by atoms with Crippen LogP contribution in [-0.4, -0.2) is 0 Å². The fraction of sp³-hybridized carbons (Fsp3) is 0.520. The molecule has 0 bridgehead atoms. The second-order valence-electron chi connectivity index (χ2n) is 8.19. The zero-order valence-electron chi connectivity index (χ0n) is 17.4. The van der Waals surface area contributed by atoms with E-state index in [4.69, 9.17) is 0 Å². The second-order valence-corrected chi connectivity index (χ2v) is 8.19. The van der Waals surface area contributed by atoms with Crippen LogP contribution in [0.5, 0.6) is 0 Å². The SMILES string of the molecule is CCCCCCCc1cc2c(c(F)c1F)-c1c(cc(CCCCC)c(F)c1F)C2. The van der Waals surface area contributed by atoms with Crippen molar-refractivity contribution < 1.29 is 17.6 Å². The Labute approximate surface area is 171 Å². The van der Waals surface area contributed by atoms with Gasteiger partial charge in [-0.25, -0.2) is 17.6 Å². The Kier molecular flexibility index (Phi) is 7.37. The molecule has 0 unspecified atom stereocenters. The summed E-state index contributed by atoms with van der Waals surface area (Å²) in [6, 6.07) is 3.30. The lowest BCUT2D eigenvalue weighted by Gasteiger charge is -2.11. The van der Waals surface area contributed by atoms with E-state index in [1.807, 2.05) is 0 Å². The normalized spacial score (nSPS) is 12.3. The van der Waals surface area contributed by atoms with Gasteiger partial charge in [-0.3, -0.25) is 0 Å². The summed E-state index contributed by atoms with van der Waals surface area (Å²) in [5, 5.41) is 0. The lowest BCUT2D eigenvalue weighted by molar-refractivity contribution is 0.489. The van der Waals surface area contributed by atoms with E-state index < -0.39 is 23.3 Å². The Hall–Kier alpha value is -1.84. The molecule has 0 atom stereocenters. The molecule has 0 radical (unpaired) electrons. The fourth-order valence-electron chi connectivity index (χ4n) is 4.35. The highest BCUT2D eigenvalue weighted by Crippen LogP contribution is 2.43. The molecule has 0 aliphatic heterocycles. The summed E-state index contributed by atoms with van der Waals surface area (Å²) in [5.74, 6) is -3.92. The molecule has 0 heterocycles. The topological polar surface area (TPSA) is 0 Å². The van der Waals surface area contributed by atoms with Crippen LogP contribution in [0.25, 0.3) is 11.1 Å². The van der Waals surface area contributed by atoms with Crippen molar-refractivity contribution in [3.63, 3.8) is 0 Å². The van der Waals surface area contributed by atoms with Crippen molar-refractivity contribution in [2.75, 3.05) is 0 Å². The van der Waals surface area contributed by atoms with Crippen LogP contribution < -0.4 is 0 Å². The lowest BCUT2D eigenvalue weighted by Crippen LogP contribution is -2.02. The van der Waals surface area contributed by atoms with E-state index in [-0.39, 0.29) is 11.1 Å². The number of unbranched alkanes of at least 4 members (excludes halogenated alkanes) is 6. The molecule has 1 aliphatic carbocycles. The summed E-state index contributed by atoms with van der Waals surface area (Å²) in [5.41, 5.74) is 1.61. The van der Waals surface area contributed by atoms with Crippen molar-refractivity contribution in [2.24, 2.45) is 0 Å². The monoisotopic (exact) mass is 406 g/mol. The van der Waals surface area contributed by atoms with E-state index in [0.29, 0.717) is 41.5 Å². The molecule has 2 aromatic rings. The molecule has 1 aliphatic rings. The number of fused-ring (bicyclic) bond motifs is 3. The highest BCUT2D eigenvalue weighted by molar-refractivity contribution is 5.79. The maximum absolute atomic E-state index is 14.9. The van der Waals surface area contributed by atoms with E-state index in [9.17, 15) is 17.6 Å².